The summed E-state index contributed by atoms with van der Waals surface area (Å²) < 4.78 is 0. The summed E-state index contributed by atoms with van der Waals surface area (Å²) in [5.41, 5.74) is 18.5. The minimum Gasteiger partial charge on any atom is -0.310 e. The molecule has 55 heavy (non-hydrogen) atoms. The van der Waals surface area contributed by atoms with Crippen molar-refractivity contribution in [2.45, 2.75) is 39.5 Å². The van der Waals surface area contributed by atoms with Gasteiger partial charge in [-0.2, -0.15) is 0 Å². The van der Waals surface area contributed by atoms with Gasteiger partial charge in [-0.3, -0.25) is 0 Å². The summed E-state index contributed by atoms with van der Waals surface area (Å²) in [6, 6.07) is 64.0. The van der Waals surface area contributed by atoms with E-state index in [0.29, 0.717) is 0 Å². The molecule has 7 aromatic rings. The van der Waals surface area contributed by atoms with Gasteiger partial charge in [0.25, 0.3) is 0 Å². The normalized spacial score (nSPS) is 12.2. The average molecular weight is 710 g/mol. The van der Waals surface area contributed by atoms with Crippen molar-refractivity contribution in [1.29, 1.82) is 0 Å². The Morgan fingerprint density at radius 2 is 0.945 bits per heavy atom. The van der Waals surface area contributed by atoms with Crippen molar-refractivity contribution >= 4 is 40.4 Å². The van der Waals surface area contributed by atoms with Gasteiger partial charge in [-0.1, -0.05) is 169 Å². The van der Waals surface area contributed by atoms with Crippen LogP contribution >= 0.6 is 0 Å². The number of nitrogens with zero attached hydrogens (tertiary/aromatic N) is 1. The molecular weight excluding hydrogens is 663 g/mol. The highest BCUT2D eigenvalue weighted by molar-refractivity contribution is 5.92. The van der Waals surface area contributed by atoms with Crippen LogP contribution in [0.3, 0.4) is 0 Å². The Hall–Kier alpha value is -6.44. The Morgan fingerprint density at radius 1 is 0.436 bits per heavy atom. The van der Waals surface area contributed by atoms with E-state index in [1.807, 2.05) is 0 Å². The second kappa shape index (κ2) is 16.7. The van der Waals surface area contributed by atoms with Crippen LogP contribution in [0.25, 0.3) is 23.3 Å². The van der Waals surface area contributed by atoms with Gasteiger partial charge in [0.1, 0.15) is 0 Å². The lowest BCUT2D eigenvalue weighted by atomic mass is 9.91. The SMILES string of the molecule is Cc1ccc(C(=Cc2cccc(N(c3cccc(/C=C/C=C(c4ccccc4)c4ccccc4)c3)c3ccc4c(c3)CCCC4)c2)c2ccc(C)cc2)cc1. The van der Waals surface area contributed by atoms with Crippen LogP contribution in [0.15, 0.2) is 188 Å². The van der Waals surface area contributed by atoms with Crippen LogP contribution < -0.4 is 4.90 Å². The van der Waals surface area contributed by atoms with Crippen LogP contribution in [0, 0.1) is 13.8 Å². The van der Waals surface area contributed by atoms with Crippen molar-refractivity contribution in [2.24, 2.45) is 0 Å². The van der Waals surface area contributed by atoms with Crippen LogP contribution in [0.1, 0.15) is 68.5 Å². The van der Waals surface area contributed by atoms with Gasteiger partial charge in [-0.05, 0) is 138 Å². The largest absolute Gasteiger partial charge is 0.310 e. The number of aryl methyl sites for hydroxylation is 4. The summed E-state index contributed by atoms with van der Waals surface area (Å²) in [5, 5.41) is 0. The maximum absolute atomic E-state index is 2.43. The number of anilines is 3. The molecule has 0 heterocycles. The fourth-order valence-electron chi connectivity index (χ4n) is 7.64. The van der Waals surface area contributed by atoms with E-state index in [0.717, 1.165) is 28.9 Å². The molecule has 0 bridgehead atoms. The molecular formula is C54H47N. The minimum absolute atomic E-state index is 1.13. The van der Waals surface area contributed by atoms with Gasteiger partial charge in [0.2, 0.25) is 0 Å². The molecule has 0 saturated heterocycles. The molecule has 0 radical (unpaired) electrons. The topological polar surface area (TPSA) is 3.24 Å². The van der Waals surface area contributed by atoms with Crippen molar-refractivity contribution in [3.05, 3.63) is 244 Å². The quantitative estimate of drug-likeness (QED) is 0.101. The average Bonchev–Trinajstić information content (AvgIpc) is 3.23. The molecule has 0 N–H and O–H groups in total. The number of allylic oxidation sites excluding steroid dienone is 2. The predicted octanol–water partition coefficient (Wildman–Crippen LogP) is 14.4. The van der Waals surface area contributed by atoms with Crippen molar-refractivity contribution in [3.8, 4) is 0 Å². The number of rotatable bonds is 10. The van der Waals surface area contributed by atoms with E-state index >= 15 is 0 Å². The zero-order valence-electron chi connectivity index (χ0n) is 31.8. The molecule has 0 saturated carbocycles. The Morgan fingerprint density at radius 3 is 1.55 bits per heavy atom. The predicted molar refractivity (Wildman–Crippen MR) is 236 cm³/mol. The summed E-state index contributed by atoms with van der Waals surface area (Å²) in [4.78, 5) is 2.43. The van der Waals surface area contributed by atoms with Gasteiger partial charge in [0.15, 0.2) is 0 Å². The number of benzene rings is 7. The van der Waals surface area contributed by atoms with E-state index in [1.165, 1.54) is 80.6 Å². The lowest BCUT2D eigenvalue weighted by molar-refractivity contribution is 0.685. The zero-order valence-corrected chi connectivity index (χ0v) is 31.8. The molecule has 8 rings (SSSR count). The first-order valence-electron chi connectivity index (χ1n) is 19.5. The van der Waals surface area contributed by atoms with Crippen molar-refractivity contribution in [3.63, 3.8) is 0 Å². The van der Waals surface area contributed by atoms with Crippen LogP contribution in [-0.4, -0.2) is 0 Å². The number of fused-ring (bicyclic) bond motifs is 1. The summed E-state index contributed by atoms with van der Waals surface area (Å²) >= 11 is 0. The number of hydrogen-bond donors (Lipinski definition) is 0. The van der Waals surface area contributed by atoms with Gasteiger partial charge >= 0.3 is 0 Å². The second-order valence-corrected chi connectivity index (χ2v) is 14.6. The molecule has 1 aliphatic rings. The fourth-order valence-corrected chi connectivity index (χ4v) is 7.64. The molecule has 0 unspecified atom stereocenters. The molecule has 0 aliphatic heterocycles. The molecule has 7 aromatic carbocycles. The van der Waals surface area contributed by atoms with Crippen molar-refractivity contribution in [2.75, 3.05) is 4.90 Å². The standard InChI is InChI=1S/C54H47N/c1-40-26-30-47(31-27-40)54(48-32-28-41(2)29-33-48)38-43-16-12-24-51(37-43)55(52-35-34-44-17-9-10-22-49(44)39-52)50-23-11-14-42(36-50)15-13-25-53(45-18-5-3-6-19-45)46-20-7-4-8-21-46/h3-8,11-16,18-21,23-39H,9-10,17,22H2,1-2H3/b15-13+. The van der Waals surface area contributed by atoms with Crippen LogP contribution in [0.4, 0.5) is 17.1 Å². The first-order chi connectivity index (χ1) is 27.1. The van der Waals surface area contributed by atoms with Crippen LogP contribution in [0.5, 0.6) is 0 Å². The first-order valence-corrected chi connectivity index (χ1v) is 19.5. The maximum Gasteiger partial charge on any atom is 0.0467 e. The summed E-state index contributed by atoms with van der Waals surface area (Å²) in [6.45, 7) is 4.29. The van der Waals surface area contributed by atoms with Gasteiger partial charge in [0.05, 0.1) is 0 Å². The molecule has 0 fully saturated rings. The molecule has 0 amide bonds. The molecule has 0 spiro atoms. The summed E-state index contributed by atoms with van der Waals surface area (Å²) in [5.74, 6) is 0. The molecule has 268 valence electrons. The Balaban J connectivity index is 1.20. The Labute approximate surface area is 327 Å². The third-order valence-corrected chi connectivity index (χ3v) is 10.6. The highest BCUT2D eigenvalue weighted by Gasteiger charge is 2.17. The lowest BCUT2D eigenvalue weighted by Crippen LogP contribution is -2.12. The Bertz CT molecular complexity index is 2380. The third kappa shape index (κ3) is 8.53. The van der Waals surface area contributed by atoms with E-state index in [4.69, 9.17) is 0 Å². The van der Waals surface area contributed by atoms with Crippen LogP contribution in [0.2, 0.25) is 0 Å². The molecule has 0 aromatic heterocycles. The van der Waals surface area contributed by atoms with Gasteiger partial charge < -0.3 is 4.90 Å². The monoisotopic (exact) mass is 709 g/mol. The molecule has 1 heteroatoms. The molecule has 1 aliphatic carbocycles. The maximum atomic E-state index is 2.43. The van der Waals surface area contributed by atoms with E-state index in [2.05, 4.69) is 219 Å². The van der Waals surface area contributed by atoms with Gasteiger partial charge in [0, 0.05) is 17.1 Å². The third-order valence-electron chi connectivity index (χ3n) is 10.6. The van der Waals surface area contributed by atoms with E-state index in [-0.39, 0.29) is 0 Å². The summed E-state index contributed by atoms with van der Waals surface area (Å²) in [6.07, 6.45) is 13.8. The van der Waals surface area contributed by atoms with E-state index in [1.54, 1.807) is 0 Å². The van der Waals surface area contributed by atoms with E-state index < -0.39 is 0 Å². The molecule has 0 atom stereocenters. The van der Waals surface area contributed by atoms with Gasteiger partial charge in [-0.25, -0.2) is 0 Å². The van der Waals surface area contributed by atoms with Crippen molar-refractivity contribution in [1.82, 2.24) is 0 Å². The second-order valence-electron chi connectivity index (χ2n) is 14.6. The zero-order chi connectivity index (χ0) is 37.4. The minimum atomic E-state index is 1.13. The highest BCUT2D eigenvalue weighted by Crippen LogP contribution is 2.38. The Kier molecular flexibility index (Phi) is 10.8. The molecule has 1 nitrogen and oxygen atoms in total. The lowest BCUT2D eigenvalue weighted by Gasteiger charge is -2.28. The number of hydrogen-bond acceptors (Lipinski definition) is 1. The highest BCUT2D eigenvalue weighted by atomic mass is 15.1. The van der Waals surface area contributed by atoms with E-state index in [9.17, 15) is 0 Å². The first kappa shape index (κ1) is 35.6. The smallest absolute Gasteiger partial charge is 0.0467 e. The summed E-state index contributed by atoms with van der Waals surface area (Å²) in [7, 11) is 0. The van der Waals surface area contributed by atoms with Crippen LogP contribution in [-0.2, 0) is 12.8 Å². The van der Waals surface area contributed by atoms with Crippen molar-refractivity contribution < 1.29 is 0 Å². The fraction of sp³-hybridized carbons (Fsp3) is 0.111. The van der Waals surface area contributed by atoms with Gasteiger partial charge in [-0.15, -0.1) is 0 Å².